The van der Waals surface area contributed by atoms with Crippen molar-refractivity contribution < 1.29 is 9.90 Å². The standard InChI is InChI=1S/C31H44N6O2/c1-5-22(6-2)17-32-31-33-18-27-28(19-37(29(27)35-31)25-7-9-26(38)10-8-25)23-11-13-36(14-12-23)30(39)24-15-20(3)34-21(4)16-24/h15-16,18-19,22-23,25-26,38H,5-14,17H2,1-4H3,(H,32,33,35). The lowest BCUT2D eigenvalue weighted by Gasteiger charge is -2.32. The number of aliphatic hydroxyl groups excluding tert-OH is 1. The molecule has 5 rings (SSSR count). The Morgan fingerprint density at radius 3 is 2.33 bits per heavy atom. The van der Waals surface area contributed by atoms with E-state index >= 15 is 0 Å². The first-order valence-electron chi connectivity index (χ1n) is 14.9. The number of fused-ring (bicyclic) bond motifs is 1. The maximum atomic E-state index is 13.2. The van der Waals surface area contributed by atoms with E-state index in [1.807, 2.05) is 37.1 Å². The third kappa shape index (κ3) is 6.11. The van der Waals surface area contributed by atoms with Crippen LogP contribution in [-0.2, 0) is 0 Å². The van der Waals surface area contributed by atoms with Crippen LogP contribution in [0, 0.1) is 19.8 Å². The van der Waals surface area contributed by atoms with Gasteiger partial charge in [-0.2, -0.15) is 4.98 Å². The van der Waals surface area contributed by atoms with Gasteiger partial charge in [0.05, 0.1) is 6.10 Å². The molecule has 3 aromatic heterocycles. The Hall–Kier alpha value is -3.00. The van der Waals surface area contributed by atoms with Gasteiger partial charge in [-0.25, -0.2) is 4.98 Å². The molecule has 8 nitrogen and oxygen atoms in total. The largest absolute Gasteiger partial charge is 0.393 e. The highest BCUT2D eigenvalue weighted by Crippen LogP contribution is 2.38. The van der Waals surface area contributed by atoms with Crippen molar-refractivity contribution in [1.82, 2.24) is 24.4 Å². The number of hydrogen-bond donors (Lipinski definition) is 2. The lowest BCUT2D eigenvalue weighted by Crippen LogP contribution is -2.38. The van der Waals surface area contributed by atoms with Crippen LogP contribution >= 0.6 is 0 Å². The lowest BCUT2D eigenvalue weighted by molar-refractivity contribution is 0.0712. The first kappa shape index (κ1) is 27.6. The molecule has 2 aliphatic rings. The zero-order valence-electron chi connectivity index (χ0n) is 24.0. The van der Waals surface area contributed by atoms with Gasteiger partial charge in [0.15, 0.2) is 0 Å². The SMILES string of the molecule is CCC(CC)CNc1ncc2c(C3CCN(C(=O)c4cc(C)nc(C)c4)CC3)cn(C3CCC(O)CC3)c2n1. The number of piperidine rings is 1. The smallest absolute Gasteiger partial charge is 0.253 e. The van der Waals surface area contributed by atoms with Gasteiger partial charge in [-0.05, 0) is 81.9 Å². The van der Waals surface area contributed by atoms with E-state index in [1.165, 1.54) is 5.56 Å². The molecule has 2 fully saturated rings. The van der Waals surface area contributed by atoms with E-state index in [0.29, 0.717) is 23.8 Å². The van der Waals surface area contributed by atoms with Crippen molar-refractivity contribution in [3.05, 3.63) is 47.0 Å². The Kier molecular flexibility index (Phi) is 8.50. The summed E-state index contributed by atoms with van der Waals surface area (Å²) in [6, 6.07) is 4.12. The molecule has 0 unspecified atom stereocenters. The summed E-state index contributed by atoms with van der Waals surface area (Å²) in [5.41, 5.74) is 4.78. The Morgan fingerprint density at radius 2 is 1.69 bits per heavy atom. The van der Waals surface area contributed by atoms with E-state index in [-0.39, 0.29) is 12.0 Å². The fourth-order valence-corrected chi connectivity index (χ4v) is 6.43. The number of carbonyl (C=O) groups excluding carboxylic acids is 1. The number of nitrogens with zero attached hydrogens (tertiary/aromatic N) is 5. The molecule has 1 aliphatic heterocycles. The number of hydrogen-bond acceptors (Lipinski definition) is 6. The number of carbonyl (C=O) groups is 1. The van der Waals surface area contributed by atoms with E-state index in [9.17, 15) is 9.90 Å². The fraction of sp³-hybridized carbons (Fsp3) is 0.613. The van der Waals surface area contributed by atoms with E-state index in [4.69, 9.17) is 9.97 Å². The molecule has 39 heavy (non-hydrogen) atoms. The minimum absolute atomic E-state index is 0.0988. The molecular weight excluding hydrogens is 488 g/mol. The highest BCUT2D eigenvalue weighted by Gasteiger charge is 2.30. The molecule has 1 saturated heterocycles. The summed E-state index contributed by atoms with van der Waals surface area (Å²) in [5, 5.41) is 14.7. The second-order valence-electron chi connectivity index (χ2n) is 11.7. The van der Waals surface area contributed by atoms with Crippen LogP contribution in [0.2, 0.25) is 0 Å². The van der Waals surface area contributed by atoms with Crippen molar-refractivity contribution in [2.45, 2.75) is 97.1 Å². The van der Waals surface area contributed by atoms with Crippen LogP contribution in [0.4, 0.5) is 5.95 Å². The fourth-order valence-electron chi connectivity index (χ4n) is 6.43. The van der Waals surface area contributed by atoms with Crippen molar-refractivity contribution in [2.24, 2.45) is 5.92 Å². The van der Waals surface area contributed by atoms with Crippen molar-refractivity contribution in [3.8, 4) is 0 Å². The quantitative estimate of drug-likeness (QED) is 0.381. The molecule has 0 aromatic carbocycles. The summed E-state index contributed by atoms with van der Waals surface area (Å²) in [5.74, 6) is 1.76. The number of amides is 1. The number of pyridine rings is 1. The van der Waals surface area contributed by atoms with Gasteiger partial charge in [0, 0.05) is 60.4 Å². The molecule has 210 valence electrons. The molecule has 3 aromatic rings. The second-order valence-corrected chi connectivity index (χ2v) is 11.7. The van der Waals surface area contributed by atoms with E-state index in [1.54, 1.807) is 0 Å². The summed E-state index contributed by atoms with van der Waals surface area (Å²) < 4.78 is 2.36. The van der Waals surface area contributed by atoms with Gasteiger partial charge in [-0.15, -0.1) is 0 Å². The molecule has 8 heteroatoms. The molecule has 1 saturated carbocycles. The van der Waals surface area contributed by atoms with Gasteiger partial charge in [-0.1, -0.05) is 26.7 Å². The molecule has 1 amide bonds. The van der Waals surface area contributed by atoms with Gasteiger partial charge in [-0.3, -0.25) is 9.78 Å². The minimum Gasteiger partial charge on any atom is -0.393 e. The zero-order chi connectivity index (χ0) is 27.5. The first-order chi connectivity index (χ1) is 18.9. The Bertz CT molecular complexity index is 1260. The van der Waals surface area contributed by atoms with Gasteiger partial charge in [0.2, 0.25) is 5.95 Å². The highest BCUT2D eigenvalue weighted by atomic mass is 16.3. The molecule has 0 radical (unpaired) electrons. The van der Waals surface area contributed by atoms with Crippen LogP contribution in [-0.4, -0.2) is 61.2 Å². The Balaban J connectivity index is 1.37. The number of nitrogens with one attached hydrogen (secondary N) is 1. The Morgan fingerprint density at radius 1 is 1.03 bits per heavy atom. The molecule has 4 heterocycles. The minimum atomic E-state index is -0.191. The van der Waals surface area contributed by atoms with Gasteiger partial charge in [0.1, 0.15) is 5.65 Å². The summed E-state index contributed by atoms with van der Waals surface area (Å²) in [6.45, 7) is 10.7. The average molecular weight is 533 g/mol. The summed E-state index contributed by atoms with van der Waals surface area (Å²) in [4.78, 5) is 29.4. The topological polar surface area (TPSA) is 96.2 Å². The Labute approximate surface area is 232 Å². The van der Waals surface area contributed by atoms with Gasteiger partial charge >= 0.3 is 0 Å². The third-order valence-corrected chi connectivity index (χ3v) is 8.92. The van der Waals surface area contributed by atoms with Crippen molar-refractivity contribution in [1.29, 1.82) is 0 Å². The van der Waals surface area contributed by atoms with Crippen molar-refractivity contribution >= 4 is 22.9 Å². The predicted octanol–water partition coefficient (Wildman–Crippen LogP) is 5.79. The summed E-state index contributed by atoms with van der Waals surface area (Å²) in [6.07, 6.45) is 11.8. The first-order valence-corrected chi connectivity index (χ1v) is 14.9. The van der Waals surface area contributed by atoms with Crippen LogP contribution < -0.4 is 5.32 Å². The third-order valence-electron chi connectivity index (χ3n) is 8.92. The molecule has 1 aliphatic carbocycles. The van der Waals surface area contributed by atoms with E-state index in [2.05, 4.69) is 34.9 Å². The van der Waals surface area contributed by atoms with Gasteiger partial charge < -0.3 is 19.9 Å². The summed E-state index contributed by atoms with van der Waals surface area (Å²) in [7, 11) is 0. The molecule has 0 bridgehead atoms. The van der Waals surface area contributed by atoms with Crippen LogP contribution in [0.25, 0.3) is 11.0 Å². The molecule has 2 N–H and O–H groups in total. The van der Waals surface area contributed by atoms with Crippen LogP contribution in [0.3, 0.4) is 0 Å². The van der Waals surface area contributed by atoms with Gasteiger partial charge in [0.25, 0.3) is 5.91 Å². The second kappa shape index (κ2) is 12.0. The van der Waals surface area contributed by atoms with Crippen molar-refractivity contribution in [3.63, 3.8) is 0 Å². The maximum absolute atomic E-state index is 13.2. The molecular formula is C31H44N6O2. The average Bonchev–Trinajstić information content (AvgIpc) is 3.32. The lowest BCUT2D eigenvalue weighted by atomic mass is 9.89. The van der Waals surface area contributed by atoms with Crippen LogP contribution in [0.15, 0.2) is 24.5 Å². The van der Waals surface area contributed by atoms with E-state index in [0.717, 1.165) is 99.0 Å². The summed E-state index contributed by atoms with van der Waals surface area (Å²) >= 11 is 0. The van der Waals surface area contributed by atoms with Crippen LogP contribution in [0.1, 0.15) is 104 Å². The highest BCUT2D eigenvalue weighted by molar-refractivity contribution is 5.94. The predicted molar refractivity (Wildman–Crippen MR) is 155 cm³/mol. The van der Waals surface area contributed by atoms with Crippen LogP contribution in [0.5, 0.6) is 0 Å². The number of likely N-dealkylation sites (tertiary alicyclic amines) is 1. The van der Waals surface area contributed by atoms with E-state index < -0.39 is 0 Å². The number of aliphatic hydroxyl groups is 1. The normalized spacial score (nSPS) is 20.6. The maximum Gasteiger partial charge on any atom is 0.253 e. The number of anilines is 1. The molecule has 0 atom stereocenters. The zero-order valence-corrected chi connectivity index (χ0v) is 24.0. The molecule has 0 spiro atoms. The monoisotopic (exact) mass is 532 g/mol. The number of rotatable bonds is 8. The number of aromatic nitrogens is 4. The number of aryl methyl sites for hydroxylation is 2. The van der Waals surface area contributed by atoms with Crippen molar-refractivity contribution in [2.75, 3.05) is 25.0 Å².